The monoisotopic (exact) mass is 430 g/mol. The second-order valence-electron chi connectivity index (χ2n) is 12.9. The summed E-state index contributed by atoms with van der Waals surface area (Å²) >= 11 is 0. The van der Waals surface area contributed by atoms with Gasteiger partial charge in [0.15, 0.2) is 0 Å². The standard InChI is InChI=1S/C27H46N2O2/c1-25(2)23(29-31-19-9-14-28-15-10-19)8-13-27(4)22-7-12-26(3)11-5-6-21(26)20(22)16-18(17-30)24(25)27/h18-22,24,28,30H,5-17H2,1-4H3/t18-,20+,21+,22+,24?,26+,27-/m1/s1. The molecular weight excluding hydrogens is 384 g/mol. The summed E-state index contributed by atoms with van der Waals surface area (Å²) in [5, 5.41) is 18.9. The maximum absolute atomic E-state index is 10.6. The lowest BCUT2D eigenvalue weighted by Gasteiger charge is -2.65. The molecule has 5 rings (SSSR count). The Labute approximate surface area is 190 Å². The van der Waals surface area contributed by atoms with Crippen LogP contribution in [0.1, 0.15) is 91.9 Å². The molecule has 1 heterocycles. The molecule has 5 aliphatic rings. The summed E-state index contributed by atoms with van der Waals surface area (Å²) in [6, 6.07) is 0. The maximum atomic E-state index is 10.6. The van der Waals surface area contributed by atoms with E-state index in [2.05, 4.69) is 33.0 Å². The minimum Gasteiger partial charge on any atom is -0.396 e. The number of fused-ring (bicyclic) bond motifs is 5. The molecule has 0 radical (unpaired) electrons. The third-order valence-corrected chi connectivity index (χ3v) is 11.1. The average molecular weight is 431 g/mol. The van der Waals surface area contributed by atoms with Crippen LogP contribution in [0.4, 0.5) is 0 Å². The van der Waals surface area contributed by atoms with Crippen LogP contribution in [0.5, 0.6) is 0 Å². The highest BCUT2D eigenvalue weighted by molar-refractivity contribution is 5.90. The highest BCUT2D eigenvalue weighted by atomic mass is 16.6. The topological polar surface area (TPSA) is 53.8 Å². The molecule has 0 aromatic heterocycles. The van der Waals surface area contributed by atoms with Crippen molar-refractivity contribution < 1.29 is 9.94 Å². The molecule has 2 N–H and O–H groups in total. The number of nitrogens with one attached hydrogen (secondary N) is 1. The van der Waals surface area contributed by atoms with Gasteiger partial charge in [0.1, 0.15) is 6.10 Å². The van der Waals surface area contributed by atoms with Crippen molar-refractivity contribution in [2.24, 2.45) is 51.0 Å². The highest BCUT2D eigenvalue weighted by Crippen LogP contribution is 2.69. The Balaban J connectivity index is 1.42. The van der Waals surface area contributed by atoms with E-state index in [4.69, 9.17) is 9.99 Å². The van der Waals surface area contributed by atoms with Crippen LogP contribution >= 0.6 is 0 Å². The van der Waals surface area contributed by atoms with E-state index in [0.717, 1.165) is 50.1 Å². The quantitative estimate of drug-likeness (QED) is 0.590. The molecule has 1 unspecified atom stereocenters. The zero-order valence-electron chi connectivity index (χ0n) is 20.5. The largest absolute Gasteiger partial charge is 0.396 e. The van der Waals surface area contributed by atoms with Crippen LogP contribution < -0.4 is 5.32 Å². The van der Waals surface area contributed by atoms with Gasteiger partial charge in [-0.25, -0.2) is 0 Å². The van der Waals surface area contributed by atoms with Crippen molar-refractivity contribution in [3.05, 3.63) is 0 Å². The third-order valence-electron chi connectivity index (χ3n) is 11.1. The Bertz CT molecular complexity index is 699. The van der Waals surface area contributed by atoms with E-state index >= 15 is 0 Å². The number of aliphatic hydroxyl groups excluding tert-OH is 1. The molecule has 5 fully saturated rings. The molecule has 31 heavy (non-hydrogen) atoms. The molecule has 0 bridgehead atoms. The zero-order chi connectivity index (χ0) is 21.9. The van der Waals surface area contributed by atoms with Crippen molar-refractivity contribution >= 4 is 5.71 Å². The van der Waals surface area contributed by atoms with Crippen LogP contribution in [0.3, 0.4) is 0 Å². The van der Waals surface area contributed by atoms with E-state index in [1.807, 2.05) is 0 Å². The van der Waals surface area contributed by atoms with Gasteiger partial charge in [-0.3, -0.25) is 0 Å². The highest BCUT2D eigenvalue weighted by Gasteiger charge is 2.63. The van der Waals surface area contributed by atoms with Gasteiger partial charge in [0.2, 0.25) is 0 Å². The number of hydrogen-bond acceptors (Lipinski definition) is 4. The van der Waals surface area contributed by atoms with E-state index in [1.165, 1.54) is 50.7 Å². The molecule has 4 nitrogen and oxygen atoms in total. The van der Waals surface area contributed by atoms with Gasteiger partial charge in [0, 0.05) is 12.0 Å². The van der Waals surface area contributed by atoms with Gasteiger partial charge < -0.3 is 15.3 Å². The summed E-state index contributed by atoms with van der Waals surface area (Å²) in [6.45, 7) is 12.4. The van der Waals surface area contributed by atoms with E-state index in [-0.39, 0.29) is 11.5 Å². The van der Waals surface area contributed by atoms with Crippen LogP contribution in [-0.4, -0.2) is 36.6 Å². The van der Waals surface area contributed by atoms with Gasteiger partial charge >= 0.3 is 0 Å². The lowest BCUT2D eigenvalue weighted by Crippen LogP contribution is -2.61. The van der Waals surface area contributed by atoms with Crippen molar-refractivity contribution in [2.75, 3.05) is 19.7 Å². The van der Waals surface area contributed by atoms with Crippen molar-refractivity contribution in [1.82, 2.24) is 5.32 Å². The second-order valence-corrected chi connectivity index (χ2v) is 12.9. The fourth-order valence-electron chi connectivity index (χ4n) is 9.71. The lowest BCUT2D eigenvalue weighted by atomic mass is 9.39. The van der Waals surface area contributed by atoms with Crippen molar-refractivity contribution in [3.63, 3.8) is 0 Å². The molecule has 176 valence electrons. The van der Waals surface area contributed by atoms with Crippen molar-refractivity contribution in [2.45, 2.75) is 98.0 Å². The SMILES string of the molecule is CC1(C)C(=NOC2CCNCC2)CC[C@@]2(C)C1[C@@H](CO)C[C@H]1[C@@H]3CCC[C@@]3(C)CC[C@@H]12. The van der Waals surface area contributed by atoms with E-state index < -0.39 is 0 Å². The minimum atomic E-state index is -0.00525. The molecule has 4 heteroatoms. The fourth-order valence-corrected chi connectivity index (χ4v) is 9.71. The Morgan fingerprint density at radius 2 is 1.77 bits per heavy atom. The van der Waals surface area contributed by atoms with Crippen molar-refractivity contribution in [3.8, 4) is 0 Å². The number of nitrogens with zero attached hydrogens (tertiary/aromatic N) is 1. The van der Waals surface area contributed by atoms with Crippen LogP contribution in [0.15, 0.2) is 5.16 Å². The molecule has 0 spiro atoms. The van der Waals surface area contributed by atoms with Crippen LogP contribution in [0.2, 0.25) is 0 Å². The summed E-state index contributed by atoms with van der Waals surface area (Å²) in [6.07, 6.45) is 13.0. The Hall–Kier alpha value is -0.610. The molecule has 7 atom stereocenters. The minimum absolute atomic E-state index is 0.00525. The van der Waals surface area contributed by atoms with Crippen LogP contribution in [0, 0.1) is 45.8 Å². The number of piperidine rings is 1. The van der Waals surface area contributed by atoms with Gasteiger partial charge in [-0.1, -0.05) is 39.3 Å². The predicted octanol–water partition coefficient (Wildman–Crippen LogP) is 5.40. The van der Waals surface area contributed by atoms with E-state index in [1.54, 1.807) is 0 Å². The Morgan fingerprint density at radius 3 is 2.52 bits per heavy atom. The molecule has 0 aromatic carbocycles. The van der Waals surface area contributed by atoms with E-state index in [0.29, 0.717) is 29.3 Å². The average Bonchev–Trinajstić information content (AvgIpc) is 3.15. The van der Waals surface area contributed by atoms with E-state index in [9.17, 15) is 5.11 Å². The van der Waals surface area contributed by atoms with Gasteiger partial charge in [0.05, 0.1) is 5.71 Å². The molecule has 4 aliphatic carbocycles. The zero-order valence-corrected chi connectivity index (χ0v) is 20.5. The maximum Gasteiger partial charge on any atom is 0.130 e. The first-order valence-corrected chi connectivity index (χ1v) is 13.3. The summed E-state index contributed by atoms with van der Waals surface area (Å²) in [4.78, 5) is 6.10. The number of rotatable bonds is 3. The number of oxime groups is 1. The number of aliphatic hydroxyl groups is 1. The van der Waals surface area contributed by atoms with Crippen LogP contribution in [-0.2, 0) is 4.84 Å². The summed E-state index contributed by atoms with van der Waals surface area (Å²) < 4.78 is 0. The Morgan fingerprint density at radius 1 is 1.00 bits per heavy atom. The van der Waals surface area contributed by atoms with Crippen molar-refractivity contribution in [1.29, 1.82) is 0 Å². The lowest BCUT2D eigenvalue weighted by molar-refractivity contribution is -0.152. The van der Waals surface area contributed by atoms with Gasteiger partial charge in [-0.05, 0) is 111 Å². The second kappa shape index (κ2) is 8.01. The Kier molecular flexibility index (Phi) is 5.73. The van der Waals surface area contributed by atoms with Gasteiger partial charge in [0.25, 0.3) is 0 Å². The summed E-state index contributed by atoms with van der Waals surface area (Å²) in [5.41, 5.74) is 2.14. The summed E-state index contributed by atoms with van der Waals surface area (Å²) in [7, 11) is 0. The molecule has 0 aromatic rings. The molecule has 1 saturated heterocycles. The molecule has 0 amide bonds. The molecular formula is C27H46N2O2. The summed E-state index contributed by atoms with van der Waals surface area (Å²) in [5.74, 6) is 3.43. The first-order valence-electron chi connectivity index (χ1n) is 13.3. The normalized spacial score (nSPS) is 48.7. The third kappa shape index (κ3) is 3.50. The van der Waals surface area contributed by atoms with Gasteiger partial charge in [-0.2, -0.15) is 0 Å². The predicted molar refractivity (Wildman–Crippen MR) is 126 cm³/mol. The van der Waals surface area contributed by atoms with Gasteiger partial charge in [-0.15, -0.1) is 0 Å². The fraction of sp³-hybridized carbons (Fsp3) is 0.963. The first-order chi connectivity index (χ1) is 14.8. The van der Waals surface area contributed by atoms with Crippen LogP contribution in [0.25, 0.3) is 0 Å². The number of hydrogen-bond donors (Lipinski definition) is 2. The smallest absolute Gasteiger partial charge is 0.130 e. The molecule has 1 aliphatic heterocycles. The molecule has 4 saturated carbocycles. The first kappa shape index (κ1) is 22.2.